The number of hydrogen-bond donors (Lipinski definition) is 1. The zero-order valence-electron chi connectivity index (χ0n) is 11.2. The fraction of sp³-hybridized carbons (Fsp3) is 0.417. The third-order valence-electron chi connectivity index (χ3n) is 2.49. The molecule has 0 fully saturated rings. The maximum absolute atomic E-state index is 12.6. The summed E-state index contributed by atoms with van der Waals surface area (Å²) in [6, 6.07) is 4.03. The highest BCUT2D eigenvalue weighted by atomic mass is 35.5. The van der Waals surface area contributed by atoms with Crippen LogP contribution in [0.1, 0.15) is 20.8 Å². The van der Waals surface area contributed by atoms with Crippen molar-refractivity contribution in [1.29, 1.82) is 0 Å². The lowest BCUT2D eigenvalue weighted by molar-refractivity contribution is -0.138. The van der Waals surface area contributed by atoms with E-state index in [1.54, 1.807) is 20.8 Å². The van der Waals surface area contributed by atoms with Gasteiger partial charge in [-0.15, -0.1) is 0 Å². The van der Waals surface area contributed by atoms with E-state index in [9.17, 15) is 13.2 Å². The second kappa shape index (κ2) is 5.89. The van der Waals surface area contributed by atoms with Crippen LogP contribution in [0.15, 0.2) is 23.1 Å². The summed E-state index contributed by atoms with van der Waals surface area (Å²) in [6.07, 6.45) is 0. The van der Waals surface area contributed by atoms with Crippen LogP contribution in [-0.2, 0) is 14.8 Å². The molecule has 0 spiro atoms. The topological polar surface area (TPSA) is 74.7 Å². The summed E-state index contributed by atoms with van der Waals surface area (Å²) in [7, 11) is -4.07. The molecule has 8 heteroatoms. The van der Waals surface area contributed by atoms with E-state index >= 15 is 0 Å². The van der Waals surface area contributed by atoms with Gasteiger partial charge in [-0.1, -0.05) is 23.2 Å². The molecule has 0 radical (unpaired) electrons. The van der Waals surface area contributed by atoms with E-state index in [1.807, 2.05) is 0 Å². The van der Waals surface area contributed by atoms with E-state index in [1.165, 1.54) is 18.2 Å². The van der Waals surface area contributed by atoms with Crippen molar-refractivity contribution >= 4 is 39.2 Å². The molecular weight excluding hydrogens is 325 g/mol. The summed E-state index contributed by atoms with van der Waals surface area (Å²) >= 11 is 11.7. The fourth-order valence-corrected chi connectivity index (χ4v) is 4.08. The largest absolute Gasteiger partial charge is 0.480 e. The molecule has 0 unspecified atom stereocenters. The molecule has 0 saturated heterocycles. The summed E-state index contributed by atoms with van der Waals surface area (Å²) in [6.45, 7) is 4.15. The molecule has 1 aromatic carbocycles. The Kier molecular flexibility index (Phi) is 5.08. The second-order valence-corrected chi connectivity index (χ2v) is 7.83. The number of aliphatic carboxylic acids is 1. The third-order valence-corrected chi connectivity index (χ3v) is 5.32. The van der Waals surface area contributed by atoms with Crippen LogP contribution in [-0.4, -0.2) is 35.9 Å². The Labute approximate surface area is 128 Å². The molecule has 0 atom stereocenters. The van der Waals surface area contributed by atoms with Gasteiger partial charge in [0.25, 0.3) is 0 Å². The van der Waals surface area contributed by atoms with Crippen LogP contribution in [0.25, 0.3) is 0 Å². The fourth-order valence-electron chi connectivity index (χ4n) is 1.60. The maximum Gasteiger partial charge on any atom is 0.318 e. The second-order valence-electron chi connectivity index (χ2n) is 5.15. The van der Waals surface area contributed by atoms with Gasteiger partial charge in [-0.2, -0.15) is 4.31 Å². The highest BCUT2D eigenvalue weighted by Crippen LogP contribution is 2.31. The monoisotopic (exact) mass is 339 g/mol. The van der Waals surface area contributed by atoms with Gasteiger partial charge < -0.3 is 5.11 Å². The minimum Gasteiger partial charge on any atom is -0.480 e. The average molecular weight is 340 g/mol. The Hall–Kier alpha value is -0.820. The number of benzene rings is 1. The van der Waals surface area contributed by atoms with Gasteiger partial charge in [0, 0.05) is 10.6 Å². The van der Waals surface area contributed by atoms with Gasteiger partial charge in [-0.3, -0.25) is 4.79 Å². The van der Waals surface area contributed by atoms with E-state index in [0.29, 0.717) is 0 Å². The molecule has 0 amide bonds. The molecule has 1 aromatic rings. The van der Waals surface area contributed by atoms with Crippen LogP contribution in [0.5, 0.6) is 0 Å². The van der Waals surface area contributed by atoms with Gasteiger partial charge in [0.1, 0.15) is 11.4 Å². The summed E-state index contributed by atoms with van der Waals surface area (Å²) < 4.78 is 26.1. The normalized spacial score (nSPS) is 12.7. The Morgan fingerprint density at radius 2 is 1.85 bits per heavy atom. The number of halogens is 2. The molecule has 0 aliphatic carbocycles. The molecule has 0 aliphatic heterocycles. The molecule has 0 bridgehead atoms. The SMILES string of the molecule is CC(C)(C)N(CC(=O)O)S(=O)(=O)c1cc(Cl)ccc1Cl. The van der Waals surface area contributed by atoms with Crippen molar-refractivity contribution in [2.45, 2.75) is 31.2 Å². The summed E-state index contributed by atoms with van der Waals surface area (Å²) in [5, 5.41) is 9.12. The van der Waals surface area contributed by atoms with Gasteiger partial charge in [-0.25, -0.2) is 8.42 Å². The van der Waals surface area contributed by atoms with Crippen LogP contribution in [0.3, 0.4) is 0 Å². The Morgan fingerprint density at radius 1 is 1.30 bits per heavy atom. The quantitative estimate of drug-likeness (QED) is 0.915. The zero-order chi connectivity index (χ0) is 15.7. The first-order valence-corrected chi connectivity index (χ1v) is 7.85. The summed E-state index contributed by atoms with van der Waals surface area (Å²) in [5.74, 6) is -1.25. The minimum absolute atomic E-state index is 0.00552. The van der Waals surface area contributed by atoms with E-state index < -0.39 is 28.1 Å². The predicted molar refractivity (Wildman–Crippen MR) is 77.7 cm³/mol. The van der Waals surface area contributed by atoms with E-state index in [2.05, 4.69) is 0 Å². The molecule has 0 aliphatic rings. The van der Waals surface area contributed by atoms with Crippen molar-refractivity contribution in [1.82, 2.24) is 4.31 Å². The average Bonchev–Trinajstić information content (AvgIpc) is 2.27. The Bertz CT molecular complexity index is 623. The molecule has 20 heavy (non-hydrogen) atoms. The molecule has 0 aromatic heterocycles. The molecule has 5 nitrogen and oxygen atoms in total. The van der Waals surface area contributed by atoms with Crippen molar-refractivity contribution < 1.29 is 18.3 Å². The predicted octanol–water partition coefficient (Wildman–Crippen LogP) is 2.87. The van der Waals surface area contributed by atoms with Gasteiger partial charge in [0.2, 0.25) is 10.0 Å². The van der Waals surface area contributed by atoms with Crippen molar-refractivity contribution in [3.05, 3.63) is 28.2 Å². The number of carbonyl (C=O) groups is 1. The van der Waals surface area contributed by atoms with E-state index in [0.717, 1.165) is 4.31 Å². The zero-order valence-corrected chi connectivity index (χ0v) is 13.6. The first-order valence-electron chi connectivity index (χ1n) is 5.66. The van der Waals surface area contributed by atoms with Crippen LogP contribution in [0, 0.1) is 0 Å². The van der Waals surface area contributed by atoms with Gasteiger partial charge in [0.05, 0.1) is 5.02 Å². The van der Waals surface area contributed by atoms with Gasteiger partial charge in [-0.05, 0) is 39.0 Å². The van der Waals surface area contributed by atoms with Crippen molar-refractivity contribution in [3.8, 4) is 0 Å². The van der Waals surface area contributed by atoms with Crippen LogP contribution >= 0.6 is 23.2 Å². The number of hydrogen-bond acceptors (Lipinski definition) is 3. The smallest absolute Gasteiger partial charge is 0.318 e. The van der Waals surface area contributed by atoms with Gasteiger partial charge >= 0.3 is 5.97 Å². The minimum atomic E-state index is -4.07. The number of carboxylic acids is 1. The summed E-state index contributed by atoms with van der Waals surface area (Å²) in [5.41, 5.74) is -0.914. The third kappa shape index (κ3) is 3.85. The van der Waals surface area contributed by atoms with Gasteiger partial charge in [0.15, 0.2) is 0 Å². The van der Waals surface area contributed by atoms with Crippen LogP contribution in [0.2, 0.25) is 10.0 Å². The number of rotatable bonds is 4. The Morgan fingerprint density at radius 3 is 2.30 bits per heavy atom. The molecule has 0 saturated carbocycles. The highest BCUT2D eigenvalue weighted by molar-refractivity contribution is 7.89. The standard InChI is InChI=1S/C12H15Cl2NO4S/c1-12(2,3)15(7-11(16)17)20(18,19)10-6-8(13)4-5-9(10)14/h4-6H,7H2,1-3H3,(H,16,17). The van der Waals surface area contributed by atoms with Crippen LogP contribution in [0.4, 0.5) is 0 Å². The van der Waals surface area contributed by atoms with Crippen LogP contribution < -0.4 is 0 Å². The lowest BCUT2D eigenvalue weighted by Gasteiger charge is -2.33. The molecular formula is C12H15Cl2NO4S. The highest BCUT2D eigenvalue weighted by Gasteiger charge is 2.36. The Balaban J connectivity index is 3.44. The number of nitrogens with zero attached hydrogens (tertiary/aromatic N) is 1. The molecule has 1 N–H and O–H groups in total. The van der Waals surface area contributed by atoms with Crippen molar-refractivity contribution in [2.24, 2.45) is 0 Å². The molecule has 1 rings (SSSR count). The maximum atomic E-state index is 12.6. The van der Waals surface area contributed by atoms with E-state index in [-0.39, 0.29) is 14.9 Å². The first kappa shape index (κ1) is 17.2. The lowest BCUT2D eigenvalue weighted by atomic mass is 10.1. The summed E-state index contributed by atoms with van der Waals surface area (Å²) in [4.78, 5) is 10.7. The van der Waals surface area contributed by atoms with Crippen molar-refractivity contribution in [3.63, 3.8) is 0 Å². The molecule has 0 heterocycles. The van der Waals surface area contributed by atoms with E-state index in [4.69, 9.17) is 28.3 Å². The number of sulfonamides is 1. The first-order chi connectivity index (χ1) is 8.96. The van der Waals surface area contributed by atoms with Crippen molar-refractivity contribution in [2.75, 3.05) is 6.54 Å². The number of carboxylic acid groups (broad SMARTS) is 1. The molecule has 112 valence electrons. The lowest BCUT2D eigenvalue weighted by Crippen LogP contribution is -2.48.